The van der Waals surface area contributed by atoms with Crippen LogP contribution in [0.15, 0.2) is 82.4 Å². The molecule has 3 heterocycles. The van der Waals surface area contributed by atoms with E-state index in [1.54, 1.807) is 30.7 Å². The number of alkyl halides is 6. The number of aliphatic hydroxyl groups excluding tert-OH is 1. The molecule has 3 N–H and O–H groups in total. The summed E-state index contributed by atoms with van der Waals surface area (Å²) in [4.78, 5) is 29.2. The van der Waals surface area contributed by atoms with Gasteiger partial charge in [0.2, 0.25) is 5.82 Å². The average molecular weight is 653 g/mol. The summed E-state index contributed by atoms with van der Waals surface area (Å²) in [5.74, 6) is -4.26. The fraction of sp³-hybridized carbons (Fsp3) is 0.214. The monoisotopic (exact) mass is 652 g/mol. The Bertz CT molecular complexity index is 1740. The normalized spacial score (nSPS) is 12.2. The number of hydrogen-bond donors (Lipinski definition) is 3. The van der Waals surface area contributed by atoms with Gasteiger partial charge in [0.15, 0.2) is 17.6 Å². The van der Waals surface area contributed by atoms with Crippen LogP contribution in [0, 0.1) is 0 Å². The zero-order valence-electron chi connectivity index (χ0n) is 23.2. The van der Waals surface area contributed by atoms with E-state index < -0.39 is 53.2 Å². The molecule has 0 fully saturated rings. The maximum absolute atomic E-state index is 13.9. The number of aromatic nitrogens is 5. The Morgan fingerprint density at radius 2 is 1.61 bits per heavy atom. The fourth-order valence-electron chi connectivity index (χ4n) is 3.88. The van der Waals surface area contributed by atoms with Gasteiger partial charge in [-0.2, -0.15) is 31.3 Å². The van der Waals surface area contributed by atoms with E-state index in [9.17, 15) is 36.2 Å². The summed E-state index contributed by atoms with van der Waals surface area (Å²) < 4.78 is 85.5. The number of hydrogen-bond acceptors (Lipinski definition) is 9. The van der Waals surface area contributed by atoms with Crippen molar-refractivity contribution in [3.8, 4) is 34.3 Å². The Morgan fingerprint density at radius 1 is 0.935 bits per heavy atom. The van der Waals surface area contributed by atoms with Crippen LogP contribution in [0.1, 0.15) is 23.7 Å². The Balaban J connectivity index is 0.000000617. The molecular weight excluding hydrogens is 630 g/mol. The van der Waals surface area contributed by atoms with E-state index in [2.05, 4.69) is 25.6 Å². The van der Waals surface area contributed by atoms with Gasteiger partial charge in [-0.25, -0.2) is 9.78 Å². The molecule has 12 nitrogen and oxygen atoms in total. The first-order chi connectivity index (χ1) is 21.8. The maximum Gasteiger partial charge on any atom is 0.490 e. The molecule has 242 valence electrons. The molecule has 0 aliphatic rings. The highest BCUT2D eigenvalue weighted by molar-refractivity contribution is 5.82. The predicted molar refractivity (Wildman–Crippen MR) is 144 cm³/mol. The molecule has 0 radical (unpaired) electrons. The molecule has 1 amide bonds. The Morgan fingerprint density at radius 3 is 2.20 bits per heavy atom. The number of aliphatic hydroxyl groups is 1. The summed E-state index contributed by atoms with van der Waals surface area (Å²) in [6.45, 7) is 1.04. The van der Waals surface area contributed by atoms with Crippen molar-refractivity contribution < 1.29 is 55.2 Å². The van der Waals surface area contributed by atoms with Crippen molar-refractivity contribution in [1.29, 1.82) is 0 Å². The van der Waals surface area contributed by atoms with Gasteiger partial charge in [0.05, 0.1) is 6.33 Å². The number of carboxylic acids is 1. The van der Waals surface area contributed by atoms with Crippen LogP contribution in [0.25, 0.3) is 34.3 Å². The third kappa shape index (κ3) is 8.35. The highest BCUT2D eigenvalue weighted by atomic mass is 19.4. The lowest BCUT2D eigenvalue weighted by atomic mass is 10.1. The van der Waals surface area contributed by atoms with Gasteiger partial charge in [-0.3, -0.25) is 4.79 Å². The SMILES string of the molecule is O=C(NCCCn1ccnc1)C(O)c1ccc(-c2noc(-c3noc(-c4ccccc4)c3C(F)(F)F)n2)cc1.O=C(O)C(F)(F)F. The first-order valence-electron chi connectivity index (χ1n) is 13.0. The summed E-state index contributed by atoms with van der Waals surface area (Å²) in [5.41, 5.74) is -0.852. The molecule has 5 rings (SSSR count). The van der Waals surface area contributed by atoms with Gasteiger partial charge in [-0.1, -0.05) is 64.9 Å². The second-order valence-electron chi connectivity index (χ2n) is 9.29. The van der Waals surface area contributed by atoms with Gasteiger partial charge in [0, 0.05) is 36.6 Å². The standard InChI is InChI=1S/C26H21F3N6O4.C2HF3O2/c27-26(28,29)19-20(33-38-22(19)17-5-2-1-3-6-17)25-32-23(34-39-25)18-9-7-16(8-10-18)21(36)24(37)31-11-4-13-35-14-12-30-15-35;3-2(4,5)1(6)7/h1-3,5-10,12,14-15,21,36H,4,11,13H2,(H,31,37);(H,6,7). The van der Waals surface area contributed by atoms with Crippen LogP contribution in [0.4, 0.5) is 26.3 Å². The lowest BCUT2D eigenvalue weighted by molar-refractivity contribution is -0.192. The van der Waals surface area contributed by atoms with Crippen LogP contribution in [0.5, 0.6) is 0 Å². The van der Waals surface area contributed by atoms with E-state index >= 15 is 0 Å². The number of nitrogens with one attached hydrogen (secondary N) is 1. The number of carbonyl (C=O) groups is 2. The predicted octanol–water partition coefficient (Wildman–Crippen LogP) is 5.15. The third-order valence-corrected chi connectivity index (χ3v) is 6.07. The van der Waals surface area contributed by atoms with Crippen molar-refractivity contribution >= 4 is 11.9 Å². The van der Waals surface area contributed by atoms with E-state index in [-0.39, 0.29) is 11.4 Å². The molecule has 0 aliphatic carbocycles. The van der Waals surface area contributed by atoms with Crippen molar-refractivity contribution in [3.05, 3.63) is 84.4 Å². The smallest absolute Gasteiger partial charge is 0.475 e. The molecule has 3 aromatic heterocycles. The first kappa shape index (κ1) is 33.4. The molecule has 0 saturated heterocycles. The lowest BCUT2D eigenvalue weighted by Gasteiger charge is -2.12. The van der Waals surface area contributed by atoms with Gasteiger partial charge in [-0.05, 0) is 12.0 Å². The van der Waals surface area contributed by atoms with Crippen LogP contribution in [0.2, 0.25) is 0 Å². The average Bonchev–Trinajstić information content (AvgIpc) is 3.80. The van der Waals surface area contributed by atoms with Gasteiger partial charge in [0.25, 0.3) is 11.8 Å². The van der Waals surface area contributed by atoms with Gasteiger partial charge >= 0.3 is 18.3 Å². The molecule has 0 saturated carbocycles. The van der Waals surface area contributed by atoms with Gasteiger partial charge in [0.1, 0.15) is 5.56 Å². The minimum atomic E-state index is -5.08. The van der Waals surface area contributed by atoms with Crippen LogP contribution in [-0.4, -0.2) is 59.7 Å². The quantitative estimate of drug-likeness (QED) is 0.143. The number of imidazole rings is 1. The number of nitrogens with zero attached hydrogens (tertiary/aromatic N) is 5. The van der Waals surface area contributed by atoms with E-state index in [0.29, 0.717) is 30.6 Å². The number of benzene rings is 2. The van der Waals surface area contributed by atoms with Crippen LogP contribution in [-0.2, 0) is 22.3 Å². The van der Waals surface area contributed by atoms with Gasteiger partial charge in [-0.15, -0.1) is 0 Å². The van der Waals surface area contributed by atoms with Crippen molar-refractivity contribution in [2.24, 2.45) is 0 Å². The van der Waals surface area contributed by atoms with Crippen molar-refractivity contribution in [1.82, 2.24) is 30.2 Å². The Hall–Kier alpha value is -5.52. The number of rotatable bonds is 9. The molecule has 0 aliphatic heterocycles. The largest absolute Gasteiger partial charge is 0.490 e. The fourth-order valence-corrected chi connectivity index (χ4v) is 3.88. The Kier molecular flexibility index (Phi) is 10.2. The zero-order chi connectivity index (χ0) is 33.5. The molecule has 0 bridgehead atoms. The molecule has 0 spiro atoms. The second kappa shape index (κ2) is 14.1. The number of carboxylic acid groups (broad SMARTS) is 1. The topological polar surface area (TPSA) is 169 Å². The van der Waals surface area contributed by atoms with E-state index in [1.807, 2.05) is 10.8 Å². The number of halogens is 6. The number of aliphatic carboxylic acids is 1. The minimum absolute atomic E-state index is 0.00706. The Labute approximate surface area is 254 Å². The molecule has 18 heteroatoms. The molecule has 5 aromatic rings. The van der Waals surface area contributed by atoms with Crippen molar-refractivity contribution in [2.75, 3.05) is 6.54 Å². The maximum atomic E-state index is 13.9. The minimum Gasteiger partial charge on any atom is -0.475 e. The summed E-state index contributed by atoms with van der Waals surface area (Å²) >= 11 is 0. The molecule has 1 unspecified atom stereocenters. The highest BCUT2D eigenvalue weighted by Gasteiger charge is 2.43. The van der Waals surface area contributed by atoms with Crippen LogP contribution >= 0.6 is 0 Å². The summed E-state index contributed by atoms with van der Waals surface area (Å²) in [6.07, 6.45) is -5.48. The van der Waals surface area contributed by atoms with Crippen molar-refractivity contribution in [2.45, 2.75) is 31.4 Å². The lowest BCUT2D eigenvalue weighted by Crippen LogP contribution is -2.30. The van der Waals surface area contributed by atoms with Crippen LogP contribution < -0.4 is 5.32 Å². The molecule has 46 heavy (non-hydrogen) atoms. The highest BCUT2D eigenvalue weighted by Crippen LogP contribution is 2.43. The second-order valence-corrected chi connectivity index (χ2v) is 9.29. The van der Waals surface area contributed by atoms with E-state index in [1.165, 1.54) is 36.4 Å². The van der Waals surface area contributed by atoms with Crippen LogP contribution in [0.3, 0.4) is 0 Å². The van der Waals surface area contributed by atoms with E-state index in [4.69, 9.17) is 18.9 Å². The summed E-state index contributed by atoms with van der Waals surface area (Å²) in [5, 5.41) is 27.5. The number of amides is 1. The third-order valence-electron chi connectivity index (χ3n) is 6.07. The van der Waals surface area contributed by atoms with Crippen molar-refractivity contribution in [3.63, 3.8) is 0 Å². The van der Waals surface area contributed by atoms with E-state index in [0.717, 1.165) is 0 Å². The number of carbonyl (C=O) groups excluding carboxylic acids is 1. The molecule has 2 aromatic carbocycles. The zero-order valence-corrected chi connectivity index (χ0v) is 23.2. The first-order valence-corrected chi connectivity index (χ1v) is 13.0. The summed E-state index contributed by atoms with van der Waals surface area (Å²) in [6, 6.07) is 13.8. The molecule has 1 atom stereocenters. The van der Waals surface area contributed by atoms with Gasteiger partial charge < -0.3 is 29.1 Å². The molecular formula is C28H22F6N6O6. The number of aryl methyl sites for hydroxylation is 1. The summed E-state index contributed by atoms with van der Waals surface area (Å²) in [7, 11) is 0.